The summed E-state index contributed by atoms with van der Waals surface area (Å²) in [7, 11) is 3.42. The second-order valence-corrected chi connectivity index (χ2v) is 4.93. The van der Waals surface area contributed by atoms with Crippen molar-refractivity contribution in [2.75, 3.05) is 25.6 Å². The molecule has 2 rings (SSSR count). The third kappa shape index (κ3) is 3.00. The number of hydrogen-bond donors (Lipinski definition) is 0. The Morgan fingerprint density at radius 2 is 2.22 bits per heavy atom. The van der Waals surface area contributed by atoms with Crippen molar-refractivity contribution in [1.82, 2.24) is 4.98 Å². The molecule has 0 bridgehead atoms. The van der Waals surface area contributed by atoms with Gasteiger partial charge in [0, 0.05) is 19.8 Å². The number of hydrogen-bond acceptors (Lipinski definition) is 4. The molecule has 0 aliphatic heterocycles. The van der Waals surface area contributed by atoms with Crippen LogP contribution in [0.1, 0.15) is 36.0 Å². The Kier molecular flexibility index (Phi) is 4.18. The quantitative estimate of drug-likeness (QED) is 0.768. The largest absolute Gasteiger partial charge is 0.465 e. The van der Waals surface area contributed by atoms with Gasteiger partial charge in [-0.15, -0.1) is 0 Å². The molecule has 0 amide bonds. The Balaban J connectivity index is 2.04. The summed E-state index contributed by atoms with van der Waals surface area (Å²) in [6, 6.07) is 3.47. The summed E-state index contributed by atoms with van der Waals surface area (Å²) in [6.07, 6.45) is 6.96. The van der Waals surface area contributed by atoms with E-state index < -0.39 is 0 Å². The minimum Gasteiger partial charge on any atom is -0.465 e. The molecule has 0 N–H and O–H groups in total. The summed E-state index contributed by atoms with van der Waals surface area (Å²) >= 11 is 0. The number of ether oxygens (including phenoxy) is 1. The average Bonchev–Trinajstić information content (AvgIpc) is 2.90. The van der Waals surface area contributed by atoms with E-state index in [-0.39, 0.29) is 5.97 Å². The van der Waals surface area contributed by atoms with Gasteiger partial charge in [-0.1, -0.05) is 12.8 Å². The van der Waals surface area contributed by atoms with Gasteiger partial charge in [0.15, 0.2) is 0 Å². The maximum absolute atomic E-state index is 11.5. The van der Waals surface area contributed by atoms with Crippen LogP contribution in [0.4, 0.5) is 5.82 Å². The van der Waals surface area contributed by atoms with Crippen LogP contribution in [0.3, 0.4) is 0 Å². The van der Waals surface area contributed by atoms with Crippen molar-refractivity contribution in [2.45, 2.75) is 25.7 Å². The molecule has 0 unspecified atom stereocenters. The fourth-order valence-electron chi connectivity index (χ4n) is 2.55. The summed E-state index contributed by atoms with van der Waals surface area (Å²) in [5.74, 6) is 1.29. The van der Waals surface area contributed by atoms with E-state index in [0.29, 0.717) is 5.56 Å². The van der Waals surface area contributed by atoms with Crippen molar-refractivity contribution in [3.63, 3.8) is 0 Å². The number of methoxy groups -OCH3 is 1. The molecule has 1 aliphatic carbocycles. The number of carbonyl (C=O) groups excluding carboxylic acids is 1. The Morgan fingerprint density at radius 1 is 1.50 bits per heavy atom. The standard InChI is InChI=1S/C14H20N2O2/c1-16(10-11-5-3-4-6-11)13-9-12(7-8-15-13)14(17)18-2/h7-9,11H,3-6,10H2,1-2H3. The lowest BCUT2D eigenvalue weighted by Crippen LogP contribution is -2.25. The number of anilines is 1. The zero-order chi connectivity index (χ0) is 13.0. The molecule has 0 saturated heterocycles. The number of aromatic nitrogens is 1. The highest BCUT2D eigenvalue weighted by Crippen LogP contribution is 2.26. The van der Waals surface area contributed by atoms with E-state index in [4.69, 9.17) is 4.74 Å². The van der Waals surface area contributed by atoms with Crippen LogP contribution in [0.2, 0.25) is 0 Å². The van der Waals surface area contributed by atoms with E-state index in [0.717, 1.165) is 18.3 Å². The summed E-state index contributed by atoms with van der Waals surface area (Å²) in [4.78, 5) is 17.9. The molecule has 1 heterocycles. The smallest absolute Gasteiger partial charge is 0.338 e. The van der Waals surface area contributed by atoms with Crippen molar-refractivity contribution in [3.8, 4) is 0 Å². The number of pyridine rings is 1. The number of rotatable bonds is 4. The maximum atomic E-state index is 11.5. The molecule has 0 radical (unpaired) electrons. The van der Waals surface area contributed by atoms with Crippen LogP contribution < -0.4 is 4.90 Å². The summed E-state index contributed by atoms with van der Waals surface area (Å²) in [5, 5.41) is 0. The summed E-state index contributed by atoms with van der Waals surface area (Å²) < 4.78 is 4.72. The third-order valence-electron chi connectivity index (χ3n) is 3.56. The molecule has 1 saturated carbocycles. The van der Waals surface area contributed by atoms with Gasteiger partial charge < -0.3 is 9.64 Å². The summed E-state index contributed by atoms with van der Waals surface area (Å²) in [5.41, 5.74) is 0.556. The minimum absolute atomic E-state index is 0.312. The zero-order valence-electron chi connectivity index (χ0n) is 11.1. The van der Waals surface area contributed by atoms with Crippen molar-refractivity contribution >= 4 is 11.8 Å². The molecule has 0 atom stereocenters. The number of nitrogens with zero attached hydrogens (tertiary/aromatic N) is 2. The van der Waals surface area contributed by atoms with E-state index in [1.807, 2.05) is 7.05 Å². The molecule has 1 aliphatic rings. The number of carbonyl (C=O) groups is 1. The van der Waals surface area contributed by atoms with Crippen LogP contribution in [0.5, 0.6) is 0 Å². The van der Waals surface area contributed by atoms with Gasteiger partial charge in [0.1, 0.15) is 5.82 Å². The monoisotopic (exact) mass is 248 g/mol. The first-order valence-corrected chi connectivity index (χ1v) is 6.46. The Bertz CT molecular complexity index is 414. The lowest BCUT2D eigenvalue weighted by atomic mass is 10.1. The summed E-state index contributed by atoms with van der Waals surface area (Å²) in [6.45, 7) is 1.01. The van der Waals surface area contributed by atoms with Crippen LogP contribution in [0, 0.1) is 5.92 Å². The highest BCUT2D eigenvalue weighted by Gasteiger charge is 2.18. The second-order valence-electron chi connectivity index (χ2n) is 4.93. The normalized spacial score (nSPS) is 15.7. The van der Waals surface area contributed by atoms with Crippen molar-refractivity contribution in [2.24, 2.45) is 5.92 Å². The van der Waals surface area contributed by atoms with Crippen molar-refractivity contribution in [1.29, 1.82) is 0 Å². The van der Waals surface area contributed by atoms with Crippen LogP contribution in [0.15, 0.2) is 18.3 Å². The Labute approximate surface area is 108 Å². The lowest BCUT2D eigenvalue weighted by molar-refractivity contribution is 0.0600. The average molecular weight is 248 g/mol. The van der Waals surface area contributed by atoms with E-state index in [2.05, 4.69) is 9.88 Å². The Hall–Kier alpha value is -1.58. The topological polar surface area (TPSA) is 42.4 Å². The molecule has 18 heavy (non-hydrogen) atoms. The minimum atomic E-state index is -0.312. The van der Waals surface area contributed by atoms with Gasteiger partial charge in [0.05, 0.1) is 12.7 Å². The highest BCUT2D eigenvalue weighted by atomic mass is 16.5. The van der Waals surface area contributed by atoms with Gasteiger partial charge in [-0.2, -0.15) is 0 Å². The maximum Gasteiger partial charge on any atom is 0.338 e. The molecule has 0 spiro atoms. The first-order valence-electron chi connectivity index (χ1n) is 6.46. The SMILES string of the molecule is COC(=O)c1ccnc(N(C)CC2CCCC2)c1. The molecule has 4 nitrogen and oxygen atoms in total. The van der Waals surface area contributed by atoms with Gasteiger partial charge in [0.25, 0.3) is 0 Å². The van der Waals surface area contributed by atoms with Gasteiger partial charge in [-0.3, -0.25) is 0 Å². The first-order chi connectivity index (χ1) is 8.70. The van der Waals surface area contributed by atoms with Crippen LogP contribution >= 0.6 is 0 Å². The molecule has 0 aromatic carbocycles. The predicted octanol–water partition coefficient (Wildman–Crippen LogP) is 2.49. The van der Waals surface area contributed by atoms with Gasteiger partial charge in [-0.25, -0.2) is 9.78 Å². The molecule has 1 fully saturated rings. The van der Waals surface area contributed by atoms with E-state index in [1.54, 1.807) is 18.3 Å². The third-order valence-corrected chi connectivity index (χ3v) is 3.56. The van der Waals surface area contributed by atoms with E-state index >= 15 is 0 Å². The van der Waals surface area contributed by atoms with Crippen LogP contribution in [0.25, 0.3) is 0 Å². The molecular formula is C14H20N2O2. The molecular weight excluding hydrogens is 228 g/mol. The van der Waals surface area contributed by atoms with Gasteiger partial charge in [0.2, 0.25) is 0 Å². The van der Waals surface area contributed by atoms with E-state index in [9.17, 15) is 4.79 Å². The van der Waals surface area contributed by atoms with Crippen LogP contribution in [-0.4, -0.2) is 31.7 Å². The molecule has 4 heteroatoms. The van der Waals surface area contributed by atoms with E-state index in [1.165, 1.54) is 32.8 Å². The van der Waals surface area contributed by atoms with Gasteiger partial charge >= 0.3 is 5.97 Å². The number of esters is 1. The zero-order valence-corrected chi connectivity index (χ0v) is 11.1. The molecule has 1 aromatic heterocycles. The fraction of sp³-hybridized carbons (Fsp3) is 0.571. The Morgan fingerprint density at radius 3 is 2.89 bits per heavy atom. The van der Waals surface area contributed by atoms with Crippen molar-refractivity contribution in [3.05, 3.63) is 23.9 Å². The van der Waals surface area contributed by atoms with Crippen molar-refractivity contribution < 1.29 is 9.53 Å². The van der Waals surface area contributed by atoms with Gasteiger partial charge in [-0.05, 0) is 30.9 Å². The fourth-order valence-corrected chi connectivity index (χ4v) is 2.55. The molecule has 1 aromatic rings. The molecule has 98 valence electrons. The lowest BCUT2D eigenvalue weighted by Gasteiger charge is -2.22. The first kappa shape index (κ1) is 12.9. The highest BCUT2D eigenvalue weighted by molar-refractivity contribution is 5.90. The van der Waals surface area contributed by atoms with Crippen LogP contribution in [-0.2, 0) is 4.74 Å². The second kappa shape index (κ2) is 5.85. The predicted molar refractivity (Wildman–Crippen MR) is 70.8 cm³/mol.